The molecule has 4 rings (SSSR count). The molecule has 22 nitrogen and oxygen atoms in total. The second-order valence-corrected chi connectivity index (χ2v) is 23.7. The average Bonchev–Trinajstić information content (AvgIpc) is 4.39. The van der Waals surface area contributed by atoms with E-state index in [1.807, 2.05) is 70.3 Å². The van der Waals surface area contributed by atoms with Crippen LogP contribution in [0.5, 0.6) is 0 Å². The number of urea groups is 1. The molecule has 2 heterocycles. The van der Waals surface area contributed by atoms with Crippen molar-refractivity contribution in [1.82, 2.24) is 41.0 Å². The number of aromatic nitrogens is 1. The molecule has 1 aromatic heterocycles. The topological polar surface area (TPSA) is 299 Å². The van der Waals surface area contributed by atoms with E-state index in [0.717, 1.165) is 10.6 Å². The van der Waals surface area contributed by atoms with Crippen molar-refractivity contribution in [2.24, 2.45) is 41.1 Å². The van der Waals surface area contributed by atoms with Crippen molar-refractivity contribution in [2.45, 2.75) is 168 Å². The number of nitrogens with one attached hydrogen (secondary N) is 5. The first-order valence-electron chi connectivity index (χ1n) is 28.9. The van der Waals surface area contributed by atoms with Crippen LogP contribution in [-0.2, 0) is 56.0 Å². The Morgan fingerprint density at radius 2 is 1.47 bits per heavy atom. The number of primary amides is 1. The van der Waals surface area contributed by atoms with Crippen LogP contribution in [0.2, 0.25) is 0 Å². The maximum Gasteiger partial charge on any atom is 0.410 e. The van der Waals surface area contributed by atoms with E-state index in [9.17, 15) is 38.4 Å². The molecule has 3 aromatic rings. The normalized spacial score (nSPS) is 17.0. The van der Waals surface area contributed by atoms with Crippen molar-refractivity contribution in [3.63, 3.8) is 0 Å². The maximum absolute atomic E-state index is 14.8. The molecule has 2 aromatic carbocycles. The summed E-state index contributed by atoms with van der Waals surface area (Å²) in [4.78, 5) is 118. The molecule has 0 bridgehead atoms. The van der Waals surface area contributed by atoms with Gasteiger partial charge in [-0.1, -0.05) is 111 Å². The lowest BCUT2D eigenvalue weighted by molar-refractivity contribution is -0.148. The number of carbonyl (C=O) groups excluding carboxylic acids is 8. The number of likely N-dealkylation sites (tertiary alicyclic amines) is 1. The molecule has 0 spiro atoms. The lowest BCUT2D eigenvalue weighted by atomic mass is 9.89. The third-order valence-corrected chi connectivity index (χ3v) is 16.5. The second-order valence-electron chi connectivity index (χ2n) is 22.7. The highest BCUT2D eigenvalue weighted by Gasteiger charge is 2.44. The van der Waals surface area contributed by atoms with E-state index in [1.165, 1.54) is 30.4 Å². The number of ether oxygens (including phenoxy) is 3. The number of carbonyl (C=O) groups is 8. The van der Waals surface area contributed by atoms with E-state index in [4.69, 9.17) is 25.7 Å². The number of benzene rings is 2. The van der Waals surface area contributed by atoms with Crippen LogP contribution in [0.3, 0.4) is 0 Å². The molecule has 1 saturated heterocycles. The van der Waals surface area contributed by atoms with Crippen LogP contribution in [0.1, 0.15) is 123 Å². The molecule has 23 heteroatoms. The number of anilines is 1. The highest BCUT2D eigenvalue weighted by Crippen LogP contribution is 2.31. The Morgan fingerprint density at radius 3 is 2.04 bits per heavy atom. The van der Waals surface area contributed by atoms with Gasteiger partial charge >= 0.3 is 12.1 Å². The number of methoxy groups -OCH3 is 2. The Balaban J connectivity index is 1.41. The molecular weight excluding hydrogens is 1080 g/mol. The quantitative estimate of drug-likeness (QED) is 0.0367. The molecule has 460 valence electrons. The van der Waals surface area contributed by atoms with Crippen LogP contribution in [0.15, 0.2) is 66.2 Å². The van der Waals surface area contributed by atoms with Gasteiger partial charge in [-0.2, -0.15) is 0 Å². The van der Waals surface area contributed by atoms with Gasteiger partial charge in [-0.3, -0.25) is 33.7 Å². The van der Waals surface area contributed by atoms with Gasteiger partial charge in [-0.15, -0.1) is 11.3 Å². The largest absolute Gasteiger partial charge is 0.445 e. The minimum absolute atomic E-state index is 0.0580. The third kappa shape index (κ3) is 20.0. The number of amides is 9. The van der Waals surface area contributed by atoms with Crippen LogP contribution >= 0.6 is 11.3 Å². The fraction of sp³-hybridized carbons (Fsp3) is 0.617. The fourth-order valence-electron chi connectivity index (χ4n) is 10.6. The summed E-state index contributed by atoms with van der Waals surface area (Å²) in [6.07, 6.45) is 2.60. The van der Waals surface area contributed by atoms with Gasteiger partial charge in [0.15, 0.2) is 0 Å². The minimum atomic E-state index is -1.05. The number of rotatable bonds is 32. The summed E-state index contributed by atoms with van der Waals surface area (Å²) >= 11 is 1.48. The van der Waals surface area contributed by atoms with E-state index in [2.05, 4.69) is 31.6 Å². The van der Waals surface area contributed by atoms with E-state index in [1.54, 1.807) is 82.1 Å². The summed E-state index contributed by atoms with van der Waals surface area (Å²) in [7, 11) is 6.20. The van der Waals surface area contributed by atoms with Crippen LogP contribution < -0.4 is 38.1 Å². The van der Waals surface area contributed by atoms with E-state index in [0.29, 0.717) is 49.9 Å². The number of hydrogen-bond acceptors (Lipinski definition) is 14. The van der Waals surface area contributed by atoms with Crippen molar-refractivity contribution in [3.05, 3.63) is 82.3 Å². The lowest BCUT2D eigenvalue weighted by Crippen LogP contribution is -2.60. The SMILES string of the molecule is CCC(C)[C@@H]([C@@H](CC(=O)N1CCC[C@H]1[C@H](OC)[C@@H](C)C(=O)N[C@@H](Cc1ccccc1)c1nccs1)OC)N(C)C(=O)[C@@H](NC(=O)[C@H](C(C)C)N(C)C(=O)OCc1ccc(NC(=O)[C@H](CCCNC(N)=O)NC(=O)[C@@H](N)C(C)C)cc1)C(C)C. The standard InChI is InChI=1S/C60H93N11O11S/c1-14-38(8)51(46(80-12)33-47(72)71-30-19-23-45(71)52(81-13)39(9)53(73)67-44(57-63-29-31-83-57)32-40-20-16-15-17-21-40)69(10)58(77)49(36(4)5)68-56(76)50(37(6)7)70(11)60(79)82-34-41-24-26-42(27-25-41)65-54(74)43(22-18-28-64-59(62)78)66-55(75)48(61)35(2)3/h15-17,20-21,24-27,29,31,35-39,43-46,48-52H,14,18-19,22-23,28,30,32-34,61H2,1-13H3,(H,65,74)(H,66,75)(H,67,73)(H,68,76)(H3,62,64,78)/t38?,39-,43+,44+,45+,46-,48+,49+,50+,51+,52-/m1/s1. The summed E-state index contributed by atoms with van der Waals surface area (Å²) in [5.41, 5.74) is 13.2. The summed E-state index contributed by atoms with van der Waals surface area (Å²) in [5.74, 6) is -4.10. The third-order valence-electron chi connectivity index (χ3n) is 15.6. The summed E-state index contributed by atoms with van der Waals surface area (Å²) in [6, 6.07) is 10.5. The van der Waals surface area contributed by atoms with Gasteiger partial charge in [-0.05, 0) is 79.0 Å². The zero-order valence-corrected chi connectivity index (χ0v) is 51.7. The predicted molar refractivity (Wildman–Crippen MR) is 319 cm³/mol. The zero-order valence-electron chi connectivity index (χ0n) is 50.8. The van der Waals surface area contributed by atoms with Gasteiger partial charge in [0.1, 0.15) is 29.7 Å². The van der Waals surface area contributed by atoms with Crippen LogP contribution in [0.4, 0.5) is 15.3 Å². The minimum Gasteiger partial charge on any atom is -0.445 e. The maximum atomic E-state index is 14.8. The Morgan fingerprint density at radius 1 is 0.795 bits per heavy atom. The van der Waals surface area contributed by atoms with E-state index < -0.39 is 102 Å². The smallest absolute Gasteiger partial charge is 0.410 e. The summed E-state index contributed by atoms with van der Waals surface area (Å²) in [5, 5.41) is 16.8. The number of hydrogen-bond donors (Lipinski definition) is 7. The lowest BCUT2D eigenvalue weighted by Gasteiger charge is -2.41. The zero-order chi connectivity index (χ0) is 61.7. The molecule has 1 fully saturated rings. The van der Waals surface area contributed by atoms with Crippen molar-refractivity contribution in [1.29, 1.82) is 0 Å². The molecule has 83 heavy (non-hydrogen) atoms. The van der Waals surface area contributed by atoms with Crippen molar-refractivity contribution < 1.29 is 52.6 Å². The molecule has 11 atom stereocenters. The van der Waals surface area contributed by atoms with Crippen LogP contribution in [0.25, 0.3) is 0 Å². The Labute approximate surface area is 494 Å². The Bertz CT molecular complexity index is 2560. The molecule has 0 saturated carbocycles. The summed E-state index contributed by atoms with van der Waals surface area (Å²) in [6.45, 7) is 17.1. The number of thiazole rings is 1. The van der Waals surface area contributed by atoms with Gasteiger partial charge in [0.2, 0.25) is 35.4 Å². The van der Waals surface area contributed by atoms with Crippen LogP contribution in [0, 0.1) is 29.6 Å². The second kappa shape index (κ2) is 33.6. The van der Waals surface area contributed by atoms with Gasteiger partial charge < -0.3 is 62.1 Å². The first-order valence-corrected chi connectivity index (χ1v) is 29.8. The molecule has 1 aliphatic heterocycles. The Hall–Kier alpha value is -6.69. The predicted octanol–water partition coefficient (Wildman–Crippen LogP) is 5.75. The highest BCUT2D eigenvalue weighted by atomic mass is 32.1. The number of nitrogens with two attached hydrogens (primary N) is 2. The first kappa shape index (κ1) is 68.8. The molecule has 1 unspecified atom stereocenters. The van der Waals surface area contributed by atoms with Gasteiger partial charge in [0.25, 0.3) is 0 Å². The average molecular weight is 1180 g/mol. The molecule has 9 N–H and O–H groups in total. The number of likely N-dealkylation sites (N-methyl/N-ethyl adjacent to an activating group) is 2. The molecular formula is C60H93N11O11S. The van der Waals surface area contributed by atoms with Crippen LogP contribution in [-0.4, -0.2) is 157 Å². The Kier molecular flexibility index (Phi) is 27.8. The fourth-order valence-corrected chi connectivity index (χ4v) is 11.3. The first-order chi connectivity index (χ1) is 39.3. The van der Waals surface area contributed by atoms with Crippen molar-refractivity contribution in [3.8, 4) is 0 Å². The monoisotopic (exact) mass is 1180 g/mol. The van der Waals surface area contributed by atoms with Gasteiger partial charge in [0, 0.05) is 58.7 Å². The highest BCUT2D eigenvalue weighted by molar-refractivity contribution is 7.09. The number of nitrogens with zero attached hydrogens (tertiary/aromatic N) is 4. The van der Waals surface area contributed by atoms with E-state index >= 15 is 0 Å². The van der Waals surface area contributed by atoms with Gasteiger partial charge in [0.05, 0.1) is 48.7 Å². The van der Waals surface area contributed by atoms with Crippen molar-refractivity contribution in [2.75, 3.05) is 46.7 Å². The molecule has 0 radical (unpaired) electrons. The molecule has 9 amide bonds. The molecule has 0 aliphatic carbocycles. The van der Waals surface area contributed by atoms with Gasteiger partial charge in [-0.25, -0.2) is 14.6 Å². The molecule has 1 aliphatic rings. The van der Waals surface area contributed by atoms with E-state index in [-0.39, 0.29) is 55.7 Å². The van der Waals surface area contributed by atoms with Crippen molar-refractivity contribution >= 4 is 64.6 Å². The summed E-state index contributed by atoms with van der Waals surface area (Å²) < 4.78 is 17.9.